The number of amides is 2. The lowest BCUT2D eigenvalue weighted by molar-refractivity contribution is -0.167. The summed E-state index contributed by atoms with van der Waals surface area (Å²) in [6.45, 7) is 0.654. The monoisotopic (exact) mass is 388 g/mol. The third-order valence-electron chi connectivity index (χ3n) is 3.53. The molecule has 0 fully saturated rings. The average molecular weight is 388 g/mol. The first-order valence-corrected chi connectivity index (χ1v) is 8.77. The van der Waals surface area contributed by atoms with E-state index >= 15 is 0 Å². The van der Waals surface area contributed by atoms with E-state index in [1.807, 2.05) is 60.7 Å². The number of benzene rings is 2. The lowest BCUT2D eigenvalue weighted by atomic mass is 10.2. The van der Waals surface area contributed by atoms with E-state index in [9.17, 15) is 9.59 Å². The molecule has 0 spiro atoms. The molecule has 2 rings (SSSR count). The fourth-order valence-electron chi connectivity index (χ4n) is 2.18. The molecule has 2 aromatic carbocycles. The molecule has 3 N–H and O–H groups in total. The molecular weight excluding hydrogens is 364 g/mol. The summed E-state index contributed by atoms with van der Waals surface area (Å²) in [5, 5.41) is 2.57. The first-order valence-electron chi connectivity index (χ1n) is 8.77. The molecule has 0 aliphatic rings. The van der Waals surface area contributed by atoms with Gasteiger partial charge in [0, 0.05) is 6.54 Å². The van der Waals surface area contributed by atoms with Crippen molar-refractivity contribution < 1.29 is 28.5 Å². The SMILES string of the molecule is NC(=O)OCC(OCCNC(=O)OCc1ccccc1)OCc1ccccc1. The summed E-state index contributed by atoms with van der Waals surface area (Å²) in [4.78, 5) is 22.5. The summed E-state index contributed by atoms with van der Waals surface area (Å²) < 4.78 is 20.9. The van der Waals surface area contributed by atoms with E-state index < -0.39 is 18.5 Å². The normalized spacial score (nSPS) is 11.4. The maximum atomic E-state index is 11.7. The van der Waals surface area contributed by atoms with Gasteiger partial charge < -0.3 is 30.0 Å². The highest BCUT2D eigenvalue weighted by molar-refractivity contribution is 5.67. The fraction of sp³-hybridized carbons (Fsp3) is 0.300. The molecule has 0 saturated heterocycles. The number of nitrogens with two attached hydrogens (primary N) is 1. The summed E-state index contributed by atoms with van der Waals surface area (Å²) in [5.41, 5.74) is 6.82. The van der Waals surface area contributed by atoms with E-state index in [1.54, 1.807) is 0 Å². The molecule has 28 heavy (non-hydrogen) atoms. The standard InChI is InChI=1S/C20H24N2O6/c21-19(23)27-15-18(26-13-16-7-3-1-4-8-16)25-12-11-22-20(24)28-14-17-9-5-2-6-10-17/h1-10,18H,11-15H2,(H2,21,23)(H,22,24). The van der Waals surface area contributed by atoms with E-state index in [-0.39, 0.29) is 33.0 Å². The Morgan fingerprint density at radius 2 is 1.46 bits per heavy atom. The Morgan fingerprint density at radius 3 is 2.07 bits per heavy atom. The van der Waals surface area contributed by atoms with E-state index in [4.69, 9.17) is 24.7 Å². The van der Waals surface area contributed by atoms with Crippen LogP contribution >= 0.6 is 0 Å². The second-order valence-corrected chi connectivity index (χ2v) is 5.72. The van der Waals surface area contributed by atoms with Crippen molar-refractivity contribution in [1.82, 2.24) is 5.32 Å². The van der Waals surface area contributed by atoms with Gasteiger partial charge in [-0.05, 0) is 11.1 Å². The summed E-state index contributed by atoms with van der Waals surface area (Å²) in [5.74, 6) is 0. The summed E-state index contributed by atoms with van der Waals surface area (Å²) in [7, 11) is 0. The van der Waals surface area contributed by atoms with Crippen LogP contribution in [0.1, 0.15) is 11.1 Å². The molecule has 1 unspecified atom stereocenters. The molecule has 8 heteroatoms. The van der Waals surface area contributed by atoms with Crippen LogP contribution in [0.4, 0.5) is 9.59 Å². The first-order chi connectivity index (χ1) is 13.6. The largest absolute Gasteiger partial charge is 0.445 e. The highest BCUT2D eigenvalue weighted by atomic mass is 16.7. The van der Waals surface area contributed by atoms with Crippen LogP contribution in [0.25, 0.3) is 0 Å². The van der Waals surface area contributed by atoms with Gasteiger partial charge in [-0.2, -0.15) is 0 Å². The van der Waals surface area contributed by atoms with Crippen LogP contribution in [-0.4, -0.2) is 38.2 Å². The van der Waals surface area contributed by atoms with Gasteiger partial charge in [-0.15, -0.1) is 0 Å². The van der Waals surface area contributed by atoms with Crippen LogP contribution in [0, 0.1) is 0 Å². The van der Waals surface area contributed by atoms with Crippen LogP contribution in [0.3, 0.4) is 0 Å². The van der Waals surface area contributed by atoms with Crippen LogP contribution in [0.15, 0.2) is 60.7 Å². The van der Waals surface area contributed by atoms with Crippen molar-refractivity contribution in [2.24, 2.45) is 5.73 Å². The van der Waals surface area contributed by atoms with Crippen LogP contribution in [-0.2, 0) is 32.2 Å². The van der Waals surface area contributed by atoms with Gasteiger partial charge in [-0.3, -0.25) is 0 Å². The molecule has 150 valence electrons. The Hall–Kier alpha value is -3.10. The molecule has 2 amide bonds. The molecule has 0 saturated carbocycles. The van der Waals surface area contributed by atoms with Crippen molar-refractivity contribution in [2.75, 3.05) is 19.8 Å². The number of alkyl carbamates (subject to hydrolysis) is 1. The number of ether oxygens (including phenoxy) is 4. The van der Waals surface area contributed by atoms with Crippen LogP contribution in [0.2, 0.25) is 0 Å². The maximum absolute atomic E-state index is 11.7. The van der Waals surface area contributed by atoms with E-state index in [2.05, 4.69) is 5.32 Å². The third kappa shape index (κ3) is 9.02. The number of hydrogen-bond acceptors (Lipinski definition) is 6. The summed E-state index contributed by atoms with van der Waals surface area (Å²) in [6.07, 6.45) is -2.28. The van der Waals surface area contributed by atoms with Gasteiger partial charge in [0.15, 0.2) is 6.29 Å². The Morgan fingerprint density at radius 1 is 0.857 bits per heavy atom. The minimum Gasteiger partial charge on any atom is -0.445 e. The molecule has 8 nitrogen and oxygen atoms in total. The van der Waals surface area contributed by atoms with Gasteiger partial charge in [0.1, 0.15) is 13.2 Å². The predicted octanol–water partition coefficient (Wildman–Crippen LogP) is 2.57. The summed E-state index contributed by atoms with van der Waals surface area (Å²) >= 11 is 0. The number of carbonyl (C=O) groups is 2. The van der Waals surface area contributed by atoms with Crippen LogP contribution in [0.5, 0.6) is 0 Å². The van der Waals surface area contributed by atoms with Gasteiger partial charge in [0.05, 0.1) is 13.2 Å². The highest BCUT2D eigenvalue weighted by Gasteiger charge is 2.13. The molecule has 0 aromatic heterocycles. The van der Waals surface area contributed by atoms with Crippen molar-refractivity contribution in [3.05, 3.63) is 71.8 Å². The van der Waals surface area contributed by atoms with Gasteiger partial charge in [0.2, 0.25) is 0 Å². The summed E-state index contributed by atoms with van der Waals surface area (Å²) in [6, 6.07) is 18.8. The second kappa shape index (κ2) is 12.3. The highest BCUT2D eigenvalue weighted by Crippen LogP contribution is 2.05. The molecular formula is C20H24N2O6. The smallest absolute Gasteiger partial charge is 0.407 e. The molecule has 2 aromatic rings. The zero-order valence-electron chi connectivity index (χ0n) is 15.4. The third-order valence-corrected chi connectivity index (χ3v) is 3.53. The zero-order chi connectivity index (χ0) is 20.0. The van der Waals surface area contributed by atoms with Crippen molar-refractivity contribution in [1.29, 1.82) is 0 Å². The van der Waals surface area contributed by atoms with Crippen molar-refractivity contribution in [2.45, 2.75) is 19.5 Å². The van der Waals surface area contributed by atoms with Gasteiger partial charge in [-0.1, -0.05) is 60.7 Å². The molecule has 0 heterocycles. The van der Waals surface area contributed by atoms with Crippen LogP contribution < -0.4 is 11.1 Å². The number of hydrogen-bond donors (Lipinski definition) is 2. The van der Waals surface area contributed by atoms with Gasteiger partial charge >= 0.3 is 12.2 Å². The average Bonchev–Trinajstić information content (AvgIpc) is 2.72. The number of carbonyl (C=O) groups excluding carboxylic acids is 2. The molecule has 0 radical (unpaired) electrons. The molecule has 0 bridgehead atoms. The maximum Gasteiger partial charge on any atom is 0.407 e. The number of primary amides is 1. The quantitative estimate of drug-likeness (QED) is 0.452. The van der Waals surface area contributed by atoms with Gasteiger partial charge in [0.25, 0.3) is 0 Å². The zero-order valence-corrected chi connectivity index (χ0v) is 15.4. The Kier molecular flexibility index (Phi) is 9.33. The number of rotatable bonds is 11. The Balaban J connectivity index is 1.66. The van der Waals surface area contributed by atoms with Crippen molar-refractivity contribution in [3.63, 3.8) is 0 Å². The van der Waals surface area contributed by atoms with Crippen molar-refractivity contribution in [3.8, 4) is 0 Å². The van der Waals surface area contributed by atoms with Crippen molar-refractivity contribution >= 4 is 12.2 Å². The predicted molar refractivity (Wildman–Crippen MR) is 101 cm³/mol. The topological polar surface area (TPSA) is 109 Å². The fourth-order valence-corrected chi connectivity index (χ4v) is 2.18. The molecule has 0 aliphatic heterocycles. The van der Waals surface area contributed by atoms with E-state index in [0.717, 1.165) is 11.1 Å². The van der Waals surface area contributed by atoms with Gasteiger partial charge in [-0.25, -0.2) is 9.59 Å². The first kappa shape index (κ1) is 21.2. The minimum atomic E-state index is -0.917. The minimum absolute atomic E-state index is 0.141. The Labute approximate surface area is 163 Å². The lowest BCUT2D eigenvalue weighted by Crippen LogP contribution is -2.32. The second-order valence-electron chi connectivity index (χ2n) is 5.72. The number of nitrogens with one attached hydrogen (secondary N) is 1. The van der Waals surface area contributed by atoms with E-state index in [0.29, 0.717) is 0 Å². The Bertz CT molecular complexity index is 711. The van der Waals surface area contributed by atoms with E-state index in [1.165, 1.54) is 0 Å². The lowest BCUT2D eigenvalue weighted by Gasteiger charge is -2.18. The molecule has 0 aliphatic carbocycles. The molecule has 1 atom stereocenters.